The normalized spacial score (nSPS) is 23.9. The maximum absolute atomic E-state index is 12.7. The van der Waals surface area contributed by atoms with Gasteiger partial charge in [0.1, 0.15) is 4.99 Å². The summed E-state index contributed by atoms with van der Waals surface area (Å²) in [5.74, 6) is 0. The minimum Gasteiger partial charge on any atom is -0.389 e. The van der Waals surface area contributed by atoms with Crippen molar-refractivity contribution >= 4 is 27.2 Å². The zero-order valence-electron chi connectivity index (χ0n) is 11.7. The van der Waals surface area contributed by atoms with Crippen molar-refractivity contribution in [2.75, 3.05) is 26.2 Å². The summed E-state index contributed by atoms with van der Waals surface area (Å²) in [7, 11) is -3.42. The molecule has 21 heavy (non-hydrogen) atoms. The first-order valence-corrected chi connectivity index (χ1v) is 8.97. The zero-order chi connectivity index (χ0) is 15.0. The van der Waals surface area contributed by atoms with E-state index < -0.39 is 10.0 Å². The first kappa shape index (κ1) is 14.9. The lowest BCUT2D eigenvalue weighted by Gasteiger charge is -2.36. The van der Waals surface area contributed by atoms with Gasteiger partial charge in [-0.25, -0.2) is 8.42 Å². The fourth-order valence-electron chi connectivity index (χ4n) is 3.12. The van der Waals surface area contributed by atoms with Crippen molar-refractivity contribution in [1.29, 1.82) is 0 Å². The molecule has 0 amide bonds. The van der Waals surface area contributed by atoms with Crippen molar-refractivity contribution in [3.05, 3.63) is 29.8 Å². The second-order valence-electron chi connectivity index (χ2n) is 5.58. The predicted molar refractivity (Wildman–Crippen MR) is 85.7 cm³/mol. The van der Waals surface area contributed by atoms with E-state index in [1.165, 1.54) is 6.42 Å². The van der Waals surface area contributed by atoms with Gasteiger partial charge in [-0.15, -0.1) is 0 Å². The van der Waals surface area contributed by atoms with Crippen LogP contribution in [0.2, 0.25) is 0 Å². The number of benzene rings is 1. The van der Waals surface area contributed by atoms with Gasteiger partial charge in [-0.05, 0) is 31.5 Å². The molecule has 2 heterocycles. The molecule has 2 saturated heterocycles. The Kier molecular flexibility index (Phi) is 4.00. The number of piperazine rings is 1. The standard InChI is InChI=1S/C14H19N3O2S2/c15-14(20)11-3-5-13(6-4-11)21(18,19)17-9-8-16-7-1-2-12(16)10-17/h3-6,12H,1-2,7-10H2,(H2,15,20). The van der Waals surface area contributed by atoms with Crippen molar-refractivity contribution < 1.29 is 8.42 Å². The number of hydrogen-bond donors (Lipinski definition) is 1. The zero-order valence-corrected chi connectivity index (χ0v) is 13.4. The molecule has 0 saturated carbocycles. The van der Waals surface area contributed by atoms with E-state index in [0.29, 0.717) is 29.6 Å². The molecule has 0 radical (unpaired) electrons. The summed E-state index contributed by atoms with van der Waals surface area (Å²) < 4.78 is 27.0. The maximum Gasteiger partial charge on any atom is 0.243 e. The van der Waals surface area contributed by atoms with Gasteiger partial charge in [-0.1, -0.05) is 24.4 Å². The van der Waals surface area contributed by atoms with E-state index >= 15 is 0 Å². The fourth-order valence-corrected chi connectivity index (χ4v) is 4.73. The van der Waals surface area contributed by atoms with Crippen molar-refractivity contribution in [1.82, 2.24) is 9.21 Å². The predicted octanol–water partition coefficient (Wildman–Crippen LogP) is 0.790. The van der Waals surface area contributed by atoms with Gasteiger partial charge in [0.15, 0.2) is 0 Å². The molecule has 2 aliphatic rings. The molecule has 3 rings (SSSR count). The molecule has 1 atom stereocenters. The van der Waals surface area contributed by atoms with E-state index in [2.05, 4.69) is 4.90 Å². The third-order valence-electron chi connectivity index (χ3n) is 4.33. The summed E-state index contributed by atoms with van der Waals surface area (Å²) in [6, 6.07) is 6.89. The Labute approximate surface area is 130 Å². The van der Waals surface area contributed by atoms with Crippen LogP contribution in [0, 0.1) is 0 Å². The highest BCUT2D eigenvalue weighted by Gasteiger charge is 2.36. The van der Waals surface area contributed by atoms with E-state index in [0.717, 1.165) is 19.5 Å². The molecule has 0 aromatic heterocycles. The number of sulfonamides is 1. The number of fused-ring (bicyclic) bond motifs is 1. The highest BCUT2D eigenvalue weighted by Crippen LogP contribution is 2.25. The second-order valence-corrected chi connectivity index (χ2v) is 7.96. The number of rotatable bonds is 3. The van der Waals surface area contributed by atoms with E-state index in [1.54, 1.807) is 28.6 Å². The molecule has 2 fully saturated rings. The van der Waals surface area contributed by atoms with Gasteiger partial charge in [-0.2, -0.15) is 4.31 Å². The molecule has 1 unspecified atom stereocenters. The van der Waals surface area contributed by atoms with Gasteiger partial charge in [0.2, 0.25) is 10.0 Å². The smallest absolute Gasteiger partial charge is 0.243 e. The van der Waals surface area contributed by atoms with Crippen LogP contribution in [-0.4, -0.2) is 54.8 Å². The van der Waals surface area contributed by atoms with Crippen LogP contribution in [0.15, 0.2) is 29.2 Å². The Bertz CT molecular complexity index is 643. The quantitative estimate of drug-likeness (QED) is 0.832. The minimum atomic E-state index is -3.42. The van der Waals surface area contributed by atoms with Crippen LogP contribution < -0.4 is 5.73 Å². The number of nitrogens with two attached hydrogens (primary N) is 1. The summed E-state index contributed by atoms with van der Waals surface area (Å²) in [6.45, 7) is 3.09. The lowest BCUT2D eigenvalue weighted by Crippen LogP contribution is -2.51. The van der Waals surface area contributed by atoms with Crippen molar-refractivity contribution in [3.63, 3.8) is 0 Å². The van der Waals surface area contributed by atoms with Crippen LogP contribution >= 0.6 is 12.2 Å². The molecule has 5 nitrogen and oxygen atoms in total. The molecule has 0 aliphatic carbocycles. The van der Waals surface area contributed by atoms with Crippen LogP contribution in [0.4, 0.5) is 0 Å². The van der Waals surface area contributed by atoms with Crippen LogP contribution in [-0.2, 0) is 10.0 Å². The molecule has 7 heteroatoms. The number of nitrogens with zero attached hydrogens (tertiary/aromatic N) is 2. The van der Waals surface area contributed by atoms with Crippen LogP contribution in [0.3, 0.4) is 0 Å². The Hall–Kier alpha value is -1.02. The monoisotopic (exact) mass is 325 g/mol. The Balaban J connectivity index is 1.81. The third kappa shape index (κ3) is 2.83. The SMILES string of the molecule is NC(=S)c1ccc(S(=O)(=O)N2CCN3CCCC3C2)cc1. The molecule has 1 aromatic rings. The first-order valence-electron chi connectivity index (χ1n) is 7.12. The average Bonchev–Trinajstić information content (AvgIpc) is 2.94. The summed E-state index contributed by atoms with van der Waals surface area (Å²) >= 11 is 4.89. The highest BCUT2D eigenvalue weighted by atomic mass is 32.2. The minimum absolute atomic E-state index is 0.276. The summed E-state index contributed by atoms with van der Waals surface area (Å²) in [6.07, 6.45) is 2.26. The van der Waals surface area contributed by atoms with Gasteiger partial charge in [0.25, 0.3) is 0 Å². The Morgan fingerprint density at radius 2 is 1.90 bits per heavy atom. The van der Waals surface area contributed by atoms with Gasteiger partial charge in [0, 0.05) is 31.2 Å². The Morgan fingerprint density at radius 1 is 1.19 bits per heavy atom. The first-order chi connectivity index (χ1) is 9.98. The molecule has 2 N–H and O–H groups in total. The molecule has 1 aromatic carbocycles. The second kappa shape index (κ2) is 5.64. The summed E-state index contributed by atoms with van der Waals surface area (Å²) in [4.78, 5) is 2.98. The highest BCUT2D eigenvalue weighted by molar-refractivity contribution is 7.89. The third-order valence-corrected chi connectivity index (χ3v) is 6.44. The van der Waals surface area contributed by atoms with Gasteiger partial charge < -0.3 is 5.73 Å². The lowest BCUT2D eigenvalue weighted by atomic mass is 10.2. The van der Waals surface area contributed by atoms with Crippen LogP contribution in [0.1, 0.15) is 18.4 Å². The molecule has 114 valence electrons. The van der Waals surface area contributed by atoms with Crippen molar-refractivity contribution in [3.8, 4) is 0 Å². The van der Waals surface area contributed by atoms with Gasteiger partial charge in [-0.3, -0.25) is 4.90 Å². The van der Waals surface area contributed by atoms with Crippen LogP contribution in [0.5, 0.6) is 0 Å². The van der Waals surface area contributed by atoms with E-state index in [-0.39, 0.29) is 4.99 Å². The van der Waals surface area contributed by atoms with Gasteiger partial charge in [0.05, 0.1) is 4.90 Å². The lowest BCUT2D eigenvalue weighted by molar-refractivity contribution is 0.158. The number of thiocarbonyl (C=S) groups is 1. The van der Waals surface area contributed by atoms with E-state index in [9.17, 15) is 8.42 Å². The fraction of sp³-hybridized carbons (Fsp3) is 0.500. The summed E-state index contributed by atoms with van der Waals surface area (Å²) in [5, 5.41) is 0. The average molecular weight is 325 g/mol. The van der Waals surface area contributed by atoms with Crippen molar-refractivity contribution in [2.24, 2.45) is 5.73 Å². The van der Waals surface area contributed by atoms with Crippen LogP contribution in [0.25, 0.3) is 0 Å². The maximum atomic E-state index is 12.7. The topological polar surface area (TPSA) is 66.6 Å². The Morgan fingerprint density at radius 3 is 2.57 bits per heavy atom. The molecule has 2 aliphatic heterocycles. The molecule has 0 spiro atoms. The van der Waals surface area contributed by atoms with Crippen molar-refractivity contribution in [2.45, 2.75) is 23.8 Å². The summed E-state index contributed by atoms with van der Waals surface area (Å²) in [5.41, 5.74) is 6.22. The van der Waals surface area contributed by atoms with E-state index in [4.69, 9.17) is 18.0 Å². The largest absolute Gasteiger partial charge is 0.389 e. The molecule has 0 bridgehead atoms. The van der Waals surface area contributed by atoms with Gasteiger partial charge >= 0.3 is 0 Å². The number of hydrogen-bond acceptors (Lipinski definition) is 4. The molecular weight excluding hydrogens is 306 g/mol. The van der Waals surface area contributed by atoms with E-state index in [1.807, 2.05) is 0 Å². The molecular formula is C14H19N3O2S2.